The van der Waals surface area contributed by atoms with Gasteiger partial charge in [-0.25, -0.2) is 9.18 Å². The van der Waals surface area contributed by atoms with Gasteiger partial charge in [0.05, 0.1) is 26.8 Å². The van der Waals surface area contributed by atoms with Crippen LogP contribution in [0.4, 0.5) is 15.9 Å². The largest absolute Gasteiger partial charge is 0.493 e. The summed E-state index contributed by atoms with van der Waals surface area (Å²) < 4.78 is 30.4. The van der Waals surface area contributed by atoms with Crippen LogP contribution in [0.5, 0.6) is 17.2 Å². The molecule has 0 bridgehead atoms. The van der Waals surface area contributed by atoms with Gasteiger partial charge in [-0.15, -0.1) is 0 Å². The number of halogens is 1. The number of ether oxygens (including phenoxy) is 3. The van der Waals surface area contributed by atoms with Crippen molar-refractivity contribution in [2.24, 2.45) is 0 Å². The topological polar surface area (TPSA) is 104 Å². The number of benzene rings is 3. The first-order chi connectivity index (χ1) is 17.4. The molecule has 0 saturated heterocycles. The summed E-state index contributed by atoms with van der Waals surface area (Å²) in [5.74, 6) is 0.774. The number of hydrogen-bond donors (Lipinski definition) is 2. The van der Waals surface area contributed by atoms with Crippen LogP contribution in [0, 0.1) is 5.82 Å². The molecule has 0 unspecified atom stereocenters. The van der Waals surface area contributed by atoms with Gasteiger partial charge in [0.2, 0.25) is 11.7 Å². The molecule has 4 aromatic rings. The normalized spacial score (nSPS) is 10.7. The van der Waals surface area contributed by atoms with Crippen molar-refractivity contribution in [3.63, 3.8) is 0 Å². The third kappa shape index (κ3) is 5.22. The number of amides is 1. The number of rotatable bonds is 9. The van der Waals surface area contributed by atoms with E-state index in [0.29, 0.717) is 46.2 Å². The first kappa shape index (κ1) is 24.5. The number of hydrogen-bond acceptors (Lipinski definition) is 7. The van der Waals surface area contributed by atoms with E-state index in [1.54, 1.807) is 36.4 Å². The van der Waals surface area contributed by atoms with E-state index in [9.17, 15) is 14.0 Å². The minimum Gasteiger partial charge on any atom is -0.493 e. The highest BCUT2D eigenvalue weighted by molar-refractivity contribution is 5.94. The summed E-state index contributed by atoms with van der Waals surface area (Å²) in [6.45, 7) is 0.0869. The molecule has 10 heteroatoms. The van der Waals surface area contributed by atoms with E-state index in [2.05, 4.69) is 15.6 Å². The lowest BCUT2D eigenvalue weighted by atomic mass is 10.2. The maximum absolute atomic E-state index is 13.2. The second-order valence-corrected chi connectivity index (χ2v) is 7.79. The molecular formula is C26H25FN4O5. The summed E-state index contributed by atoms with van der Waals surface area (Å²) in [5, 5.41) is 6.56. The lowest BCUT2D eigenvalue weighted by molar-refractivity contribution is -0.116. The smallest absolute Gasteiger partial charge is 0.350 e. The number of carbonyl (C=O) groups is 1. The van der Waals surface area contributed by atoms with E-state index in [4.69, 9.17) is 14.2 Å². The van der Waals surface area contributed by atoms with E-state index < -0.39 is 11.6 Å². The van der Waals surface area contributed by atoms with E-state index >= 15 is 0 Å². The van der Waals surface area contributed by atoms with Crippen molar-refractivity contribution in [3.8, 4) is 17.2 Å². The van der Waals surface area contributed by atoms with Crippen molar-refractivity contribution in [1.29, 1.82) is 0 Å². The molecule has 2 N–H and O–H groups in total. The van der Waals surface area contributed by atoms with Crippen molar-refractivity contribution in [3.05, 3.63) is 82.5 Å². The highest BCUT2D eigenvalue weighted by Crippen LogP contribution is 2.39. The summed E-state index contributed by atoms with van der Waals surface area (Å²) in [7, 11) is 4.44. The number of nitrogens with one attached hydrogen (secondary N) is 2. The number of aromatic nitrogens is 2. The van der Waals surface area contributed by atoms with Crippen LogP contribution in [-0.4, -0.2) is 36.8 Å². The summed E-state index contributed by atoms with van der Waals surface area (Å²) >= 11 is 0. The standard InChI is InChI=1S/C26H25FN4O5/c1-34-21-12-18(13-22(35-2)24(21)36-3)29-23(32)15-31-20-7-5-4-6-19(20)25(30-26(31)33)28-14-16-8-10-17(27)11-9-16/h4-13H,14-15H2,1-3H3,(H,29,32)(H,28,30,33). The van der Waals surface area contributed by atoms with Crippen molar-refractivity contribution >= 4 is 28.3 Å². The van der Waals surface area contributed by atoms with Crippen LogP contribution in [0.25, 0.3) is 10.9 Å². The minimum absolute atomic E-state index is 0.263. The first-order valence-electron chi connectivity index (χ1n) is 11.0. The van der Waals surface area contributed by atoms with Gasteiger partial charge < -0.3 is 24.8 Å². The van der Waals surface area contributed by atoms with Gasteiger partial charge in [-0.2, -0.15) is 4.98 Å². The first-order valence-corrected chi connectivity index (χ1v) is 11.0. The van der Waals surface area contributed by atoms with Gasteiger partial charge in [-0.1, -0.05) is 24.3 Å². The number of methoxy groups -OCH3 is 3. The summed E-state index contributed by atoms with van der Waals surface area (Å²) in [6, 6.07) is 16.4. The summed E-state index contributed by atoms with van der Waals surface area (Å²) in [6.07, 6.45) is 0. The van der Waals surface area contributed by atoms with Crippen LogP contribution >= 0.6 is 0 Å². The Hall–Kier alpha value is -4.60. The quantitative estimate of drug-likeness (QED) is 0.366. The van der Waals surface area contributed by atoms with Crippen molar-refractivity contribution in [2.75, 3.05) is 32.0 Å². The molecule has 0 aliphatic heterocycles. The lowest BCUT2D eigenvalue weighted by Gasteiger charge is -2.16. The zero-order valence-electron chi connectivity index (χ0n) is 20.0. The summed E-state index contributed by atoms with van der Waals surface area (Å²) in [5.41, 5.74) is 1.20. The predicted octanol–water partition coefficient (Wildman–Crippen LogP) is 3.81. The predicted molar refractivity (Wildman–Crippen MR) is 134 cm³/mol. The highest BCUT2D eigenvalue weighted by atomic mass is 19.1. The van der Waals surface area contributed by atoms with Gasteiger partial charge >= 0.3 is 5.69 Å². The van der Waals surface area contributed by atoms with Gasteiger partial charge in [0, 0.05) is 29.8 Å². The van der Waals surface area contributed by atoms with Crippen molar-refractivity contribution < 1.29 is 23.4 Å². The SMILES string of the molecule is COc1cc(NC(=O)Cn2c(=O)nc(NCc3ccc(F)cc3)c3ccccc32)cc(OC)c1OC. The molecule has 4 rings (SSSR count). The van der Waals surface area contributed by atoms with Crippen molar-refractivity contribution in [2.45, 2.75) is 13.1 Å². The van der Waals surface area contributed by atoms with Crippen LogP contribution in [0.1, 0.15) is 5.56 Å². The molecule has 36 heavy (non-hydrogen) atoms. The van der Waals surface area contributed by atoms with E-state index in [1.807, 2.05) is 12.1 Å². The molecule has 1 heterocycles. The van der Waals surface area contributed by atoms with Gasteiger partial charge in [0.25, 0.3) is 0 Å². The van der Waals surface area contributed by atoms with Gasteiger partial charge in [0.15, 0.2) is 11.5 Å². The molecule has 0 aliphatic rings. The second-order valence-electron chi connectivity index (χ2n) is 7.79. The zero-order chi connectivity index (χ0) is 25.7. The monoisotopic (exact) mass is 492 g/mol. The Labute approximate surface area is 206 Å². The fraction of sp³-hybridized carbons (Fsp3) is 0.192. The zero-order valence-corrected chi connectivity index (χ0v) is 20.0. The molecule has 0 atom stereocenters. The van der Waals surface area contributed by atoms with E-state index in [-0.39, 0.29) is 12.4 Å². The Balaban J connectivity index is 1.59. The third-order valence-electron chi connectivity index (χ3n) is 5.51. The fourth-order valence-corrected chi connectivity index (χ4v) is 3.80. The van der Waals surface area contributed by atoms with Gasteiger partial charge in [-0.3, -0.25) is 9.36 Å². The Morgan fingerprint density at radius 1 is 0.972 bits per heavy atom. The van der Waals surface area contributed by atoms with Gasteiger partial charge in [-0.05, 0) is 29.8 Å². The molecule has 0 fully saturated rings. The number of anilines is 2. The van der Waals surface area contributed by atoms with Crippen LogP contribution in [0.2, 0.25) is 0 Å². The number of para-hydroxylation sites is 1. The van der Waals surface area contributed by atoms with Crippen LogP contribution in [0.3, 0.4) is 0 Å². The third-order valence-corrected chi connectivity index (χ3v) is 5.51. The molecule has 0 saturated carbocycles. The van der Waals surface area contributed by atoms with Crippen molar-refractivity contribution in [1.82, 2.24) is 9.55 Å². The van der Waals surface area contributed by atoms with E-state index in [1.165, 1.54) is 38.0 Å². The van der Waals surface area contributed by atoms with Crippen LogP contribution in [0.15, 0.2) is 65.5 Å². The average molecular weight is 493 g/mol. The summed E-state index contributed by atoms with van der Waals surface area (Å²) in [4.78, 5) is 30.0. The molecular weight excluding hydrogens is 467 g/mol. The maximum atomic E-state index is 13.2. The highest BCUT2D eigenvalue weighted by Gasteiger charge is 2.17. The second kappa shape index (κ2) is 10.8. The molecule has 186 valence electrons. The van der Waals surface area contributed by atoms with Crippen LogP contribution < -0.4 is 30.5 Å². The van der Waals surface area contributed by atoms with Gasteiger partial charge in [0.1, 0.15) is 18.2 Å². The Kier molecular flexibility index (Phi) is 7.33. The Morgan fingerprint density at radius 3 is 2.28 bits per heavy atom. The average Bonchev–Trinajstić information content (AvgIpc) is 2.89. The molecule has 0 spiro atoms. The fourth-order valence-electron chi connectivity index (χ4n) is 3.80. The Morgan fingerprint density at radius 2 is 1.64 bits per heavy atom. The molecule has 1 amide bonds. The number of fused-ring (bicyclic) bond motifs is 1. The molecule has 9 nitrogen and oxygen atoms in total. The maximum Gasteiger partial charge on any atom is 0.350 e. The molecule has 0 radical (unpaired) electrons. The molecule has 0 aliphatic carbocycles. The lowest BCUT2D eigenvalue weighted by Crippen LogP contribution is -2.30. The number of carbonyl (C=O) groups excluding carboxylic acids is 1. The molecule has 3 aromatic carbocycles. The van der Waals surface area contributed by atoms with E-state index in [0.717, 1.165) is 5.56 Å². The number of nitrogens with zero attached hydrogens (tertiary/aromatic N) is 2. The minimum atomic E-state index is -0.588. The molecule has 1 aromatic heterocycles. The Bertz CT molecular complexity index is 1430. The van der Waals surface area contributed by atoms with Crippen LogP contribution in [-0.2, 0) is 17.9 Å².